The Balaban J connectivity index is 1.98. The molecule has 1 atom stereocenters. The highest BCUT2D eigenvalue weighted by molar-refractivity contribution is 9.10. The fourth-order valence-corrected chi connectivity index (χ4v) is 2.57. The van der Waals surface area contributed by atoms with E-state index in [1.54, 1.807) is 24.3 Å². The molecule has 5 nitrogen and oxygen atoms in total. The number of ether oxygens (including phenoxy) is 1. The number of nitrogens with zero attached hydrogens (tertiary/aromatic N) is 3. The van der Waals surface area contributed by atoms with Crippen LogP contribution in [0, 0.1) is 0 Å². The largest absolute Gasteiger partial charge is 0.444 e. The third kappa shape index (κ3) is 4.53. The molecule has 2 rings (SSSR count). The molecule has 0 aromatic carbocycles. The summed E-state index contributed by atoms with van der Waals surface area (Å²) in [6, 6.07) is 0.169. The summed E-state index contributed by atoms with van der Waals surface area (Å²) < 4.78 is 6.15. The van der Waals surface area contributed by atoms with Crippen molar-refractivity contribution in [1.82, 2.24) is 14.9 Å². The van der Waals surface area contributed by atoms with Crippen LogP contribution < -0.4 is 0 Å². The zero-order valence-corrected chi connectivity index (χ0v) is 15.1. The summed E-state index contributed by atoms with van der Waals surface area (Å²) in [7, 11) is 1.80. The molecule has 0 aliphatic heterocycles. The number of carbonyl (C=O) groups excluding carboxylic acids is 1. The van der Waals surface area contributed by atoms with Crippen molar-refractivity contribution in [2.75, 3.05) is 7.05 Å². The van der Waals surface area contributed by atoms with E-state index in [4.69, 9.17) is 4.74 Å². The van der Waals surface area contributed by atoms with Crippen molar-refractivity contribution in [2.24, 2.45) is 0 Å². The molecule has 1 aliphatic rings. The Morgan fingerprint density at radius 3 is 2.59 bits per heavy atom. The van der Waals surface area contributed by atoms with Crippen LogP contribution in [0.25, 0.3) is 5.57 Å². The van der Waals surface area contributed by atoms with Gasteiger partial charge in [0.2, 0.25) is 0 Å². The van der Waals surface area contributed by atoms with Gasteiger partial charge >= 0.3 is 6.09 Å². The maximum atomic E-state index is 12.1. The first-order valence-corrected chi connectivity index (χ1v) is 8.18. The van der Waals surface area contributed by atoms with Gasteiger partial charge in [-0.15, -0.1) is 0 Å². The van der Waals surface area contributed by atoms with E-state index >= 15 is 0 Å². The van der Waals surface area contributed by atoms with E-state index in [0.29, 0.717) is 0 Å². The van der Waals surface area contributed by atoms with Gasteiger partial charge in [0.15, 0.2) is 0 Å². The average Bonchev–Trinajstić information content (AvgIpc) is 2.46. The van der Waals surface area contributed by atoms with Crippen LogP contribution in [0.15, 0.2) is 23.1 Å². The third-order valence-electron chi connectivity index (χ3n) is 3.56. The number of allylic oxidation sites excluding steroid dienone is 1. The van der Waals surface area contributed by atoms with Gasteiger partial charge in [0.1, 0.15) is 10.2 Å². The smallest absolute Gasteiger partial charge is 0.410 e. The van der Waals surface area contributed by atoms with E-state index in [1.165, 1.54) is 5.57 Å². The molecule has 0 saturated carbocycles. The SMILES string of the molecule is CN(C(=O)OC(C)(C)C)C1CC=C(c2cnc(Br)cn2)CC1. The van der Waals surface area contributed by atoms with Gasteiger partial charge < -0.3 is 9.64 Å². The van der Waals surface area contributed by atoms with E-state index < -0.39 is 5.60 Å². The zero-order valence-electron chi connectivity index (χ0n) is 13.5. The number of carbonyl (C=O) groups is 1. The maximum Gasteiger partial charge on any atom is 0.410 e. The lowest BCUT2D eigenvalue weighted by Gasteiger charge is -2.32. The van der Waals surface area contributed by atoms with Crippen molar-refractivity contribution in [3.05, 3.63) is 28.8 Å². The molecule has 1 aromatic rings. The first kappa shape index (κ1) is 16.9. The van der Waals surface area contributed by atoms with Gasteiger partial charge in [-0.1, -0.05) is 6.08 Å². The fourth-order valence-electron chi connectivity index (χ4n) is 2.37. The van der Waals surface area contributed by atoms with Crippen LogP contribution in [-0.2, 0) is 4.74 Å². The third-order valence-corrected chi connectivity index (χ3v) is 3.97. The number of rotatable bonds is 2. The van der Waals surface area contributed by atoms with Gasteiger partial charge in [0.25, 0.3) is 0 Å². The lowest BCUT2D eigenvalue weighted by molar-refractivity contribution is 0.0215. The normalized spacial score (nSPS) is 18.6. The molecule has 1 unspecified atom stereocenters. The molecule has 6 heteroatoms. The highest BCUT2D eigenvalue weighted by Gasteiger charge is 2.27. The number of aromatic nitrogens is 2. The highest BCUT2D eigenvalue weighted by Crippen LogP contribution is 2.28. The first-order valence-electron chi connectivity index (χ1n) is 7.39. The van der Waals surface area contributed by atoms with Crippen LogP contribution in [0.3, 0.4) is 0 Å². The van der Waals surface area contributed by atoms with Crippen molar-refractivity contribution in [1.29, 1.82) is 0 Å². The van der Waals surface area contributed by atoms with Crippen molar-refractivity contribution in [3.8, 4) is 0 Å². The Kier molecular flexibility index (Phi) is 5.21. The molecular formula is C16H22BrN3O2. The molecule has 0 spiro atoms. The summed E-state index contributed by atoms with van der Waals surface area (Å²) in [4.78, 5) is 22.4. The van der Waals surface area contributed by atoms with Gasteiger partial charge in [-0.3, -0.25) is 4.98 Å². The van der Waals surface area contributed by atoms with Gasteiger partial charge in [-0.05, 0) is 61.5 Å². The second kappa shape index (κ2) is 6.77. The monoisotopic (exact) mass is 367 g/mol. The fraction of sp³-hybridized carbons (Fsp3) is 0.562. The van der Waals surface area contributed by atoms with E-state index in [0.717, 1.165) is 29.6 Å². The summed E-state index contributed by atoms with van der Waals surface area (Å²) in [6.07, 6.45) is 7.95. The highest BCUT2D eigenvalue weighted by atomic mass is 79.9. The molecule has 0 bridgehead atoms. The van der Waals surface area contributed by atoms with Crippen molar-refractivity contribution in [2.45, 2.75) is 51.7 Å². The quantitative estimate of drug-likeness (QED) is 0.791. The summed E-state index contributed by atoms with van der Waals surface area (Å²) in [5.41, 5.74) is 1.63. The molecular weight excluding hydrogens is 346 g/mol. The van der Waals surface area contributed by atoms with Crippen molar-refractivity contribution in [3.63, 3.8) is 0 Å². The summed E-state index contributed by atoms with van der Waals surface area (Å²) in [5.74, 6) is 0. The second-order valence-corrected chi connectivity index (χ2v) is 7.29. The van der Waals surface area contributed by atoms with Crippen LogP contribution >= 0.6 is 15.9 Å². The Hall–Kier alpha value is -1.43. The molecule has 0 saturated heterocycles. The maximum absolute atomic E-state index is 12.1. The Labute approximate surface area is 139 Å². The molecule has 0 radical (unpaired) electrons. The second-order valence-electron chi connectivity index (χ2n) is 6.47. The Morgan fingerprint density at radius 1 is 1.36 bits per heavy atom. The van der Waals surface area contributed by atoms with Crippen LogP contribution in [0.1, 0.15) is 45.7 Å². The lowest BCUT2D eigenvalue weighted by atomic mass is 9.93. The minimum Gasteiger partial charge on any atom is -0.444 e. The Morgan fingerprint density at radius 2 is 2.09 bits per heavy atom. The number of halogens is 1. The van der Waals surface area contributed by atoms with E-state index in [1.807, 2.05) is 20.8 Å². The molecule has 0 N–H and O–H groups in total. The van der Waals surface area contributed by atoms with Crippen LogP contribution in [0.5, 0.6) is 0 Å². The van der Waals surface area contributed by atoms with Gasteiger partial charge in [0.05, 0.1) is 18.1 Å². The van der Waals surface area contributed by atoms with Crippen molar-refractivity contribution >= 4 is 27.6 Å². The van der Waals surface area contributed by atoms with E-state index in [2.05, 4.69) is 32.0 Å². The van der Waals surface area contributed by atoms with Crippen LogP contribution in [-0.4, -0.2) is 39.7 Å². The summed E-state index contributed by atoms with van der Waals surface area (Å²) >= 11 is 3.29. The van der Waals surface area contributed by atoms with E-state index in [9.17, 15) is 4.79 Å². The summed E-state index contributed by atoms with van der Waals surface area (Å²) in [6.45, 7) is 5.64. The molecule has 1 heterocycles. The number of amides is 1. The van der Waals surface area contributed by atoms with Crippen LogP contribution in [0.2, 0.25) is 0 Å². The average molecular weight is 368 g/mol. The zero-order chi connectivity index (χ0) is 16.3. The standard InChI is InChI=1S/C16H22BrN3O2/c1-16(2,3)22-15(21)20(4)12-7-5-11(6-8-12)13-9-19-14(17)10-18-13/h5,9-10,12H,6-8H2,1-4H3. The minimum absolute atomic E-state index is 0.169. The van der Waals surface area contributed by atoms with Crippen molar-refractivity contribution < 1.29 is 9.53 Å². The van der Waals surface area contributed by atoms with E-state index in [-0.39, 0.29) is 12.1 Å². The molecule has 22 heavy (non-hydrogen) atoms. The first-order chi connectivity index (χ1) is 10.3. The summed E-state index contributed by atoms with van der Waals surface area (Å²) in [5, 5.41) is 0. The molecule has 1 aromatic heterocycles. The predicted molar refractivity (Wildman–Crippen MR) is 89.3 cm³/mol. The molecule has 0 fully saturated rings. The Bertz CT molecular complexity index is 564. The van der Waals surface area contributed by atoms with Gasteiger partial charge in [-0.2, -0.15) is 0 Å². The lowest BCUT2D eigenvalue weighted by Crippen LogP contribution is -2.41. The van der Waals surface area contributed by atoms with Gasteiger partial charge in [0, 0.05) is 13.1 Å². The predicted octanol–water partition coefficient (Wildman–Crippen LogP) is 4.04. The number of hydrogen-bond donors (Lipinski definition) is 0. The molecule has 1 aliphatic carbocycles. The minimum atomic E-state index is -0.464. The topological polar surface area (TPSA) is 55.3 Å². The number of hydrogen-bond acceptors (Lipinski definition) is 4. The van der Waals surface area contributed by atoms with Crippen LogP contribution in [0.4, 0.5) is 4.79 Å². The molecule has 1 amide bonds. The van der Waals surface area contributed by atoms with Gasteiger partial charge in [-0.25, -0.2) is 9.78 Å². The molecule has 120 valence electrons.